The summed E-state index contributed by atoms with van der Waals surface area (Å²) < 4.78 is 1.88. The third-order valence-corrected chi connectivity index (χ3v) is 5.83. The molecule has 29 heavy (non-hydrogen) atoms. The van der Waals surface area contributed by atoms with Crippen molar-refractivity contribution >= 4 is 11.6 Å². The molecule has 3 rings (SSSR count). The average molecular weight is 394 g/mol. The second-order valence-corrected chi connectivity index (χ2v) is 7.85. The van der Waals surface area contributed by atoms with Gasteiger partial charge in [0, 0.05) is 44.5 Å². The van der Waals surface area contributed by atoms with Crippen LogP contribution in [0.3, 0.4) is 0 Å². The van der Waals surface area contributed by atoms with Crippen LogP contribution in [-0.4, -0.2) is 40.7 Å². The minimum atomic E-state index is 0.143. The standard InChI is InChI=1S/C23H31N5O/c1-18-21(19(2)28(25-18)16-8-13-24)11-12-23(29)26(3)17-20-9-4-5-10-22(20)27-14-6-7-15-27/h4-5,9-10H,6-8,11-12,14-17H2,1-3H3. The smallest absolute Gasteiger partial charge is 0.222 e. The number of aryl methyl sites for hydroxylation is 2. The maximum Gasteiger partial charge on any atom is 0.222 e. The third-order valence-electron chi connectivity index (χ3n) is 5.83. The van der Waals surface area contributed by atoms with Gasteiger partial charge in [-0.3, -0.25) is 9.48 Å². The largest absolute Gasteiger partial charge is 0.371 e. The van der Waals surface area contributed by atoms with Crippen molar-refractivity contribution in [3.05, 3.63) is 46.8 Å². The molecule has 1 aliphatic heterocycles. The molecular formula is C23H31N5O. The van der Waals surface area contributed by atoms with E-state index in [0.717, 1.165) is 30.0 Å². The lowest BCUT2D eigenvalue weighted by molar-refractivity contribution is -0.130. The molecule has 0 radical (unpaired) electrons. The predicted octanol–water partition coefficient (Wildman–Crippen LogP) is 3.61. The molecule has 154 valence electrons. The van der Waals surface area contributed by atoms with E-state index in [-0.39, 0.29) is 5.91 Å². The number of anilines is 1. The monoisotopic (exact) mass is 393 g/mol. The zero-order valence-corrected chi connectivity index (χ0v) is 17.8. The highest BCUT2D eigenvalue weighted by molar-refractivity contribution is 5.76. The normalized spacial score (nSPS) is 13.5. The Bertz CT molecular complexity index is 889. The summed E-state index contributed by atoms with van der Waals surface area (Å²) in [7, 11) is 1.89. The van der Waals surface area contributed by atoms with Gasteiger partial charge < -0.3 is 9.80 Å². The lowest BCUT2D eigenvalue weighted by Gasteiger charge is -2.24. The van der Waals surface area contributed by atoms with Gasteiger partial charge in [-0.1, -0.05) is 18.2 Å². The number of aromatic nitrogens is 2. The van der Waals surface area contributed by atoms with Crippen LogP contribution in [0.25, 0.3) is 0 Å². The number of para-hydroxylation sites is 1. The van der Waals surface area contributed by atoms with Gasteiger partial charge in [-0.05, 0) is 50.3 Å². The van der Waals surface area contributed by atoms with Gasteiger partial charge in [0.25, 0.3) is 0 Å². The highest BCUT2D eigenvalue weighted by Gasteiger charge is 2.19. The number of nitrogens with zero attached hydrogens (tertiary/aromatic N) is 5. The lowest BCUT2D eigenvalue weighted by Crippen LogP contribution is -2.28. The van der Waals surface area contributed by atoms with Crippen molar-refractivity contribution in [2.45, 2.75) is 59.0 Å². The van der Waals surface area contributed by atoms with E-state index in [1.165, 1.54) is 24.1 Å². The second kappa shape index (κ2) is 9.60. The molecule has 2 heterocycles. The fourth-order valence-electron chi connectivity index (χ4n) is 4.15. The first-order valence-electron chi connectivity index (χ1n) is 10.5. The number of nitriles is 1. The molecule has 6 heteroatoms. The molecule has 1 aliphatic rings. The van der Waals surface area contributed by atoms with E-state index in [1.807, 2.05) is 30.5 Å². The maximum absolute atomic E-state index is 12.8. The number of rotatable bonds is 8. The van der Waals surface area contributed by atoms with Crippen molar-refractivity contribution in [2.24, 2.45) is 0 Å². The molecule has 1 aromatic carbocycles. The molecule has 0 spiro atoms. The third kappa shape index (κ3) is 4.97. The minimum absolute atomic E-state index is 0.143. The summed E-state index contributed by atoms with van der Waals surface area (Å²) in [6.45, 7) is 7.43. The van der Waals surface area contributed by atoms with Crippen molar-refractivity contribution in [1.29, 1.82) is 5.26 Å². The van der Waals surface area contributed by atoms with Gasteiger partial charge in [-0.2, -0.15) is 10.4 Å². The molecule has 1 saturated heterocycles. The quantitative estimate of drug-likeness (QED) is 0.687. The first kappa shape index (κ1) is 20.9. The predicted molar refractivity (Wildman–Crippen MR) is 115 cm³/mol. The van der Waals surface area contributed by atoms with Gasteiger partial charge >= 0.3 is 0 Å². The molecule has 6 nitrogen and oxygen atoms in total. The van der Waals surface area contributed by atoms with Crippen molar-refractivity contribution in [3.8, 4) is 6.07 Å². The number of hydrogen-bond acceptors (Lipinski definition) is 4. The Morgan fingerprint density at radius 2 is 1.97 bits per heavy atom. The van der Waals surface area contributed by atoms with Gasteiger partial charge in [-0.15, -0.1) is 0 Å². The topological polar surface area (TPSA) is 65.2 Å². The minimum Gasteiger partial charge on any atom is -0.371 e. The van der Waals surface area contributed by atoms with E-state index in [0.29, 0.717) is 32.4 Å². The van der Waals surface area contributed by atoms with Gasteiger partial charge in [-0.25, -0.2) is 0 Å². The second-order valence-electron chi connectivity index (χ2n) is 7.85. The maximum atomic E-state index is 12.8. The van der Waals surface area contributed by atoms with Crippen LogP contribution in [0, 0.1) is 25.2 Å². The van der Waals surface area contributed by atoms with Crippen LogP contribution in [0.15, 0.2) is 24.3 Å². The fourth-order valence-corrected chi connectivity index (χ4v) is 4.15. The van der Waals surface area contributed by atoms with Gasteiger partial charge in [0.2, 0.25) is 5.91 Å². The van der Waals surface area contributed by atoms with Crippen molar-refractivity contribution in [1.82, 2.24) is 14.7 Å². The van der Waals surface area contributed by atoms with Crippen molar-refractivity contribution in [2.75, 3.05) is 25.0 Å². The Hall–Kier alpha value is -2.81. The van der Waals surface area contributed by atoms with Gasteiger partial charge in [0.05, 0.1) is 24.7 Å². The summed E-state index contributed by atoms with van der Waals surface area (Å²) in [5.74, 6) is 0.143. The molecule has 1 aromatic heterocycles. The zero-order valence-electron chi connectivity index (χ0n) is 17.8. The average Bonchev–Trinajstić information content (AvgIpc) is 3.34. The zero-order chi connectivity index (χ0) is 20.8. The van der Waals surface area contributed by atoms with Crippen LogP contribution >= 0.6 is 0 Å². The van der Waals surface area contributed by atoms with E-state index >= 15 is 0 Å². The van der Waals surface area contributed by atoms with Crippen LogP contribution in [0.2, 0.25) is 0 Å². The lowest BCUT2D eigenvalue weighted by atomic mass is 10.1. The molecule has 1 fully saturated rings. The van der Waals surface area contributed by atoms with Crippen LogP contribution in [0.1, 0.15) is 48.2 Å². The molecule has 0 N–H and O–H groups in total. The van der Waals surface area contributed by atoms with Crippen LogP contribution in [0.5, 0.6) is 0 Å². The summed E-state index contributed by atoms with van der Waals surface area (Å²) in [5.41, 5.74) is 5.61. The van der Waals surface area contributed by atoms with E-state index in [9.17, 15) is 4.79 Å². The molecule has 0 saturated carbocycles. The van der Waals surface area contributed by atoms with Crippen LogP contribution in [-0.2, 0) is 24.3 Å². The molecule has 0 unspecified atom stereocenters. The first-order chi connectivity index (χ1) is 14.0. The van der Waals surface area contributed by atoms with Crippen molar-refractivity contribution < 1.29 is 4.79 Å². The Morgan fingerprint density at radius 3 is 2.69 bits per heavy atom. The molecule has 0 aliphatic carbocycles. The molecule has 1 amide bonds. The fraction of sp³-hybridized carbons (Fsp3) is 0.522. The molecular weight excluding hydrogens is 362 g/mol. The molecule has 2 aromatic rings. The number of amides is 1. The molecule has 0 atom stereocenters. The summed E-state index contributed by atoms with van der Waals surface area (Å²) in [4.78, 5) is 17.1. The Kier molecular flexibility index (Phi) is 6.92. The van der Waals surface area contributed by atoms with E-state index in [4.69, 9.17) is 5.26 Å². The van der Waals surface area contributed by atoms with E-state index < -0.39 is 0 Å². The SMILES string of the molecule is Cc1nn(CCC#N)c(C)c1CCC(=O)N(C)Cc1ccccc1N1CCCC1. The Labute approximate surface area is 173 Å². The Morgan fingerprint density at radius 1 is 1.24 bits per heavy atom. The van der Waals surface area contributed by atoms with Crippen LogP contribution < -0.4 is 4.90 Å². The van der Waals surface area contributed by atoms with Gasteiger partial charge in [0.1, 0.15) is 0 Å². The van der Waals surface area contributed by atoms with E-state index in [2.05, 4.69) is 40.3 Å². The number of carbonyl (C=O) groups excluding carboxylic acids is 1. The van der Waals surface area contributed by atoms with Gasteiger partial charge in [0.15, 0.2) is 0 Å². The van der Waals surface area contributed by atoms with Crippen molar-refractivity contribution in [3.63, 3.8) is 0 Å². The Balaban J connectivity index is 1.61. The summed E-state index contributed by atoms with van der Waals surface area (Å²) in [6.07, 6.45) is 4.07. The highest BCUT2D eigenvalue weighted by atomic mass is 16.2. The number of benzene rings is 1. The van der Waals surface area contributed by atoms with E-state index in [1.54, 1.807) is 0 Å². The summed E-state index contributed by atoms with van der Waals surface area (Å²) in [5, 5.41) is 13.3. The van der Waals surface area contributed by atoms with Crippen LogP contribution in [0.4, 0.5) is 5.69 Å². The molecule has 0 bridgehead atoms. The number of hydrogen-bond donors (Lipinski definition) is 0. The highest BCUT2D eigenvalue weighted by Crippen LogP contribution is 2.25. The number of carbonyl (C=O) groups is 1. The summed E-state index contributed by atoms with van der Waals surface area (Å²) >= 11 is 0. The summed E-state index contributed by atoms with van der Waals surface area (Å²) in [6, 6.07) is 10.6. The first-order valence-corrected chi connectivity index (χ1v) is 10.5.